The van der Waals surface area contributed by atoms with Gasteiger partial charge in [-0.05, 0) is 30.7 Å². The number of aryl methyl sites for hydroxylation is 1. The van der Waals surface area contributed by atoms with E-state index in [0.29, 0.717) is 11.3 Å². The van der Waals surface area contributed by atoms with Crippen molar-refractivity contribution in [1.29, 1.82) is 0 Å². The third kappa shape index (κ3) is 3.10. The van der Waals surface area contributed by atoms with Crippen LogP contribution in [0.5, 0.6) is 0 Å². The average molecular weight is 297 g/mol. The highest BCUT2D eigenvalue weighted by atomic mass is 32.2. The topological polar surface area (TPSA) is 151 Å². The van der Waals surface area contributed by atoms with Crippen molar-refractivity contribution in [2.75, 3.05) is 11.1 Å². The quantitative estimate of drug-likeness (QED) is 0.580. The zero-order chi connectivity index (χ0) is 14.9. The monoisotopic (exact) mass is 297 g/mol. The van der Waals surface area contributed by atoms with Gasteiger partial charge in [0, 0.05) is 5.69 Å². The second-order valence-corrected chi connectivity index (χ2v) is 5.33. The molecule has 0 fully saturated rings. The van der Waals surface area contributed by atoms with Gasteiger partial charge in [-0.2, -0.15) is 18.4 Å². The molecule has 0 aliphatic carbocycles. The van der Waals surface area contributed by atoms with Crippen LogP contribution in [0.25, 0.3) is 0 Å². The lowest BCUT2D eigenvalue weighted by Gasteiger charge is -2.07. The molecule has 0 amide bonds. The molecule has 2 rings (SSSR count). The average Bonchev–Trinajstić information content (AvgIpc) is 2.25. The second kappa shape index (κ2) is 4.90. The van der Waals surface area contributed by atoms with Gasteiger partial charge in [0.15, 0.2) is 0 Å². The van der Waals surface area contributed by atoms with Gasteiger partial charge in [0.1, 0.15) is 0 Å². The molecule has 1 heterocycles. The van der Waals surface area contributed by atoms with Gasteiger partial charge in [0.05, 0.1) is 4.90 Å². The van der Waals surface area contributed by atoms with Gasteiger partial charge in [-0.1, -0.05) is 0 Å². The smallest absolute Gasteiger partial charge is 0.350 e. The van der Waals surface area contributed by atoms with Crippen molar-refractivity contribution in [3.05, 3.63) is 34.2 Å². The molecule has 106 valence electrons. The Hall–Kier alpha value is -2.46. The van der Waals surface area contributed by atoms with Crippen LogP contribution in [0.4, 0.5) is 17.6 Å². The fourth-order valence-corrected chi connectivity index (χ4v) is 2.31. The number of anilines is 3. The van der Waals surface area contributed by atoms with Crippen LogP contribution in [-0.2, 0) is 10.1 Å². The lowest BCUT2D eigenvalue weighted by Crippen LogP contribution is -2.16. The standard InChI is InChI=1S/C10H11N5O4S/c1-5-4-6(2-3-7(5)20(17,18)19)12-9-13-8(11)14-10(16)15-9/h2-4H,1H3,(H,17,18,19)(H4,11,12,13,14,15,16). The van der Waals surface area contributed by atoms with E-state index in [9.17, 15) is 13.2 Å². The summed E-state index contributed by atoms with van der Waals surface area (Å²) in [5.41, 5.74) is 5.48. The number of nitrogens with one attached hydrogen (secondary N) is 2. The van der Waals surface area contributed by atoms with Crippen molar-refractivity contribution >= 4 is 27.7 Å². The van der Waals surface area contributed by atoms with Crippen LogP contribution >= 0.6 is 0 Å². The van der Waals surface area contributed by atoms with Crippen molar-refractivity contribution in [1.82, 2.24) is 15.0 Å². The molecule has 0 saturated heterocycles. The summed E-state index contributed by atoms with van der Waals surface area (Å²) in [6.45, 7) is 1.52. The van der Waals surface area contributed by atoms with Crippen molar-refractivity contribution in [2.45, 2.75) is 11.8 Å². The zero-order valence-electron chi connectivity index (χ0n) is 10.3. The Morgan fingerprint density at radius 2 is 2.05 bits per heavy atom. The first kappa shape index (κ1) is 14.0. The molecular formula is C10H11N5O4S. The summed E-state index contributed by atoms with van der Waals surface area (Å²) in [4.78, 5) is 20.4. The van der Waals surface area contributed by atoms with Crippen LogP contribution in [0.15, 0.2) is 27.9 Å². The molecule has 0 unspecified atom stereocenters. The Bertz CT molecular complexity index is 815. The highest BCUT2D eigenvalue weighted by Gasteiger charge is 2.13. The normalized spacial score (nSPS) is 11.3. The van der Waals surface area contributed by atoms with Gasteiger partial charge < -0.3 is 11.1 Å². The maximum Gasteiger partial charge on any atom is 0.350 e. The Kier molecular flexibility index (Phi) is 3.42. The highest BCUT2D eigenvalue weighted by Crippen LogP contribution is 2.20. The van der Waals surface area contributed by atoms with E-state index in [-0.39, 0.29) is 16.8 Å². The van der Waals surface area contributed by atoms with Gasteiger partial charge in [0.2, 0.25) is 11.9 Å². The zero-order valence-corrected chi connectivity index (χ0v) is 11.1. The molecular weight excluding hydrogens is 286 g/mol. The molecule has 1 aromatic heterocycles. The number of benzene rings is 1. The van der Waals surface area contributed by atoms with Crippen molar-refractivity contribution in [3.63, 3.8) is 0 Å². The van der Waals surface area contributed by atoms with Crippen LogP contribution < -0.4 is 16.7 Å². The third-order valence-corrected chi connectivity index (χ3v) is 3.39. The van der Waals surface area contributed by atoms with Gasteiger partial charge in [0.25, 0.3) is 10.1 Å². The number of nitrogens with zero attached hydrogens (tertiary/aromatic N) is 2. The van der Waals surface area contributed by atoms with Crippen molar-refractivity contribution < 1.29 is 13.0 Å². The van der Waals surface area contributed by atoms with E-state index < -0.39 is 15.8 Å². The SMILES string of the molecule is Cc1cc(Nc2nc(N)[nH]c(=O)n2)ccc1S(=O)(=O)O. The van der Waals surface area contributed by atoms with E-state index in [0.717, 1.165) is 0 Å². The minimum absolute atomic E-state index is 0.0229. The molecule has 5 N–H and O–H groups in total. The summed E-state index contributed by atoms with van der Waals surface area (Å²) in [5, 5.41) is 2.71. The summed E-state index contributed by atoms with van der Waals surface area (Å²) in [7, 11) is -4.27. The molecule has 0 radical (unpaired) electrons. The molecule has 2 aromatic rings. The fraction of sp³-hybridized carbons (Fsp3) is 0.100. The Morgan fingerprint density at radius 3 is 2.60 bits per heavy atom. The first-order valence-electron chi connectivity index (χ1n) is 5.35. The minimum atomic E-state index is -4.27. The molecule has 20 heavy (non-hydrogen) atoms. The first-order chi connectivity index (χ1) is 9.25. The molecule has 0 aliphatic rings. The minimum Gasteiger partial charge on any atom is -0.369 e. The number of hydrogen-bond donors (Lipinski definition) is 4. The van der Waals surface area contributed by atoms with Gasteiger partial charge in [-0.25, -0.2) is 4.79 Å². The summed E-state index contributed by atoms with van der Waals surface area (Å²) < 4.78 is 31.1. The number of aromatic amines is 1. The number of nitrogens with two attached hydrogens (primary N) is 1. The van der Waals surface area contributed by atoms with Crippen LogP contribution in [0.3, 0.4) is 0 Å². The third-order valence-electron chi connectivity index (χ3n) is 2.38. The predicted molar refractivity (Wildman–Crippen MR) is 71.3 cm³/mol. The molecule has 1 aromatic carbocycles. The van der Waals surface area contributed by atoms with Crippen LogP contribution in [-0.4, -0.2) is 27.9 Å². The van der Waals surface area contributed by atoms with Crippen LogP contribution in [0.1, 0.15) is 5.56 Å². The van der Waals surface area contributed by atoms with Gasteiger partial charge >= 0.3 is 5.69 Å². The summed E-state index contributed by atoms with van der Waals surface area (Å²) in [6, 6.07) is 4.09. The molecule has 0 atom stereocenters. The second-order valence-electron chi connectivity index (χ2n) is 3.94. The largest absolute Gasteiger partial charge is 0.369 e. The molecule has 0 bridgehead atoms. The van der Waals surface area contributed by atoms with Gasteiger partial charge in [-0.15, -0.1) is 0 Å². The number of nitrogen functional groups attached to an aromatic ring is 1. The van der Waals surface area contributed by atoms with Crippen molar-refractivity contribution in [3.8, 4) is 0 Å². The number of hydrogen-bond acceptors (Lipinski definition) is 7. The molecule has 0 aliphatic heterocycles. The van der Waals surface area contributed by atoms with E-state index in [2.05, 4.69) is 20.3 Å². The van der Waals surface area contributed by atoms with E-state index in [1.165, 1.54) is 25.1 Å². The highest BCUT2D eigenvalue weighted by molar-refractivity contribution is 7.85. The number of H-pyrrole nitrogens is 1. The van der Waals surface area contributed by atoms with Crippen molar-refractivity contribution in [2.24, 2.45) is 0 Å². The van der Waals surface area contributed by atoms with Crippen LogP contribution in [0.2, 0.25) is 0 Å². The number of rotatable bonds is 3. The van der Waals surface area contributed by atoms with E-state index >= 15 is 0 Å². The maximum absolute atomic E-state index is 11.1. The fourth-order valence-electron chi connectivity index (χ4n) is 1.60. The van der Waals surface area contributed by atoms with Crippen LogP contribution in [0, 0.1) is 6.92 Å². The van der Waals surface area contributed by atoms with E-state index in [1.54, 1.807) is 0 Å². The Morgan fingerprint density at radius 1 is 1.35 bits per heavy atom. The Balaban J connectivity index is 2.36. The maximum atomic E-state index is 11.1. The molecule has 0 saturated carbocycles. The lowest BCUT2D eigenvalue weighted by molar-refractivity contribution is 0.482. The number of aromatic nitrogens is 3. The summed E-state index contributed by atoms with van der Waals surface area (Å²) >= 11 is 0. The molecule has 9 nitrogen and oxygen atoms in total. The Labute approximate surface area is 113 Å². The lowest BCUT2D eigenvalue weighted by atomic mass is 10.2. The van der Waals surface area contributed by atoms with Gasteiger partial charge in [-0.3, -0.25) is 9.54 Å². The predicted octanol–water partition coefficient (Wildman–Crippen LogP) is 0.0458. The summed E-state index contributed by atoms with van der Waals surface area (Å²) in [6.07, 6.45) is 0. The molecule has 0 spiro atoms. The molecule has 10 heteroatoms. The first-order valence-corrected chi connectivity index (χ1v) is 6.79. The van der Waals surface area contributed by atoms with E-state index in [1.807, 2.05) is 0 Å². The summed E-state index contributed by atoms with van der Waals surface area (Å²) in [5.74, 6) is -0.121. The van der Waals surface area contributed by atoms with E-state index in [4.69, 9.17) is 10.3 Å².